The summed E-state index contributed by atoms with van der Waals surface area (Å²) < 4.78 is 59.0. The molecule has 0 fully saturated rings. The van der Waals surface area contributed by atoms with Crippen LogP contribution >= 0.6 is 11.6 Å². The Morgan fingerprint density at radius 1 is 1.30 bits per heavy atom. The summed E-state index contributed by atoms with van der Waals surface area (Å²) in [6.45, 7) is -0.619. The molecule has 2 aromatic rings. The van der Waals surface area contributed by atoms with Gasteiger partial charge in [0, 0.05) is 23.4 Å². The van der Waals surface area contributed by atoms with Gasteiger partial charge in [0.1, 0.15) is 18.2 Å². The van der Waals surface area contributed by atoms with E-state index in [1.165, 1.54) is 12.1 Å². The van der Waals surface area contributed by atoms with E-state index in [2.05, 4.69) is 4.98 Å². The van der Waals surface area contributed by atoms with Crippen molar-refractivity contribution in [3.05, 3.63) is 51.2 Å². The van der Waals surface area contributed by atoms with Crippen molar-refractivity contribution in [2.24, 2.45) is 5.92 Å². The molecule has 0 radical (unpaired) electrons. The zero-order valence-electron chi connectivity index (χ0n) is 11.5. The van der Waals surface area contributed by atoms with Gasteiger partial charge >= 0.3 is 6.18 Å². The molecule has 1 atom stereocenters. The van der Waals surface area contributed by atoms with Crippen LogP contribution < -0.4 is 10.3 Å². The highest BCUT2D eigenvalue weighted by Gasteiger charge is 2.41. The number of alkyl halides is 3. The van der Waals surface area contributed by atoms with E-state index < -0.39 is 36.5 Å². The van der Waals surface area contributed by atoms with Crippen molar-refractivity contribution in [1.29, 1.82) is 0 Å². The number of aromatic nitrogens is 1. The lowest BCUT2D eigenvalue weighted by molar-refractivity contribution is -0.181. The minimum Gasteiger partial charge on any atom is -0.491 e. The Labute approximate surface area is 132 Å². The quantitative estimate of drug-likeness (QED) is 0.733. The molecule has 1 aliphatic rings. The van der Waals surface area contributed by atoms with Crippen LogP contribution in [0.1, 0.15) is 5.56 Å². The molecular formula is C15H10ClF4NO2. The molecule has 0 aliphatic carbocycles. The summed E-state index contributed by atoms with van der Waals surface area (Å²) >= 11 is 5.75. The van der Waals surface area contributed by atoms with E-state index in [1.54, 1.807) is 0 Å². The van der Waals surface area contributed by atoms with Gasteiger partial charge in [-0.15, -0.1) is 0 Å². The number of rotatable bonds is 0. The largest absolute Gasteiger partial charge is 0.491 e. The third kappa shape index (κ3) is 2.93. The van der Waals surface area contributed by atoms with E-state index in [0.717, 1.165) is 12.3 Å². The SMILES string of the molecule is O=c1cc2c(c[nH]1)OCC(C(F)(F)F)Cc1ccc(Cl)c(F)c1-2. The maximum atomic E-state index is 14.4. The summed E-state index contributed by atoms with van der Waals surface area (Å²) in [5, 5.41) is -0.237. The third-order valence-electron chi connectivity index (χ3n) is 3.71. The highest BCUT2D eigenvalue weighted by Crippen LogP contribution is 2.41. The van der Waals surface area contributed by atoms with Gasteiger partial charge in [-0.3, -0.25) is 4.79 Å². The average molecular weight is 348 g/mol. The van der Waals surface area contributed by atoms with E-state index in [4.69, 9.17) is 16.3 Å². The third-order valence-corrected chi connectivity index (χ3v) is 4.00. The molecule has 0 spiro atoms. The molecule has 1 N–H and O–H groups in total. The molecule has 1 aromatic heterocycles. The number of ether oxygens (including phenoxy) is 1. The van der Waals surface area contributed by atoms with Gasteiger partial charge in [-0.2, -0.15) is 13.2 Å². The van der Waals surface area contributed by atoms with Crippen LogP contribution in [0.2, 0.25) is 5.02 Å². The number of hydrogen-bond acceptors (Lipinski definition) is 2. The fourth-order valence-corrected chi connectivity index (χ4v) is 2.71. The van der Waals surface area contributed by atoms with Crippen molar-refractivity contribution in [2.75, 3.05) is 6.61 Å². The first kappa shape index (κ1) is 15.9. The van der Waals surface area contributed by atoms with Crippen molar-refractivity contribution >= 4 is 11.6 Å². The fraction of sp³-hybridized carbons (Fsp3) is 0.267. The van der Waals surface area contributed by atoms with Gasteiger partial charge in [0.15, 0.2) is 0 Å². The number of aromatic amines is 1. The molecule has 2 heterocycles. The van der Waals surface area contributed by atoms with Gasteiger partial charge in [-0.1, -0.05) is 17.7 Å². The summed E-state index contributed by atoms with van der Waals surface area (Å²) in [7, 11) is 0. The summed E-state index contributed by atoms with van der Waals surface area (Å²) in [5.74, 6) is -2.69. The normalized spacial score (nSPS) is 17.5. The molecule has 1 aliphatic heterocycles. The van der Waals surface area contributed by atoms with Gasteiger partial charge in [0.05, 0.1) is 10.9 Å². The topological polar surface area (TPSA) is 42.1 Å². The van der Waals surface area contributed by atoms with Crippen molar-refractivity contribution in [3.8, 4) is 16.9 Å². The Kier molecular flexibility index (Phi) is 3.83. The number of hydrogen-bond donors (Lipinski definition) is 1. The maximum Gasteiger partial charge on any atom is 0.395 e. The number of H-pyrrole nitrogens is 1. The second-order valence-corrected chi connectivity index (χ2v) is 5.63. The Morgan fingerprint density at radius 2 is 2.04 bits per heavy atom. The van der Waals surface area contributed by atoms with Gasteiger partial charge in [0.25, 0.3) is 0 Å². The van der Waals surface area contributed by atoms with Crippen LogP contribution in [-0.2, 0) is 6.42 Å². The maximum absolute atomic E-state index is 14.4. The number of nitrogens with one attached hydrogen (secondary N) is 1. The molecule has 0 amide bonds. The Morgan fingerprint density at radius 3 is 2.74 bits per heavy atom. The summed E-state index contributed by atoms with van der Waals surface area (Å²) in [6.07, 6.45) is -3.83. The van der Waals surface area contributed by atoms with Crippen molar-refractivity contribution in [2.45, 2.75) is 12.6 Å². The minimum absolute atomic E-state index is 0.0269. The lowest BCUT2D eigenvalue weighted by atomic mass is 9.90. The summed E-state index contributed by atoms with van der Waals surface area (Å²) in [4.78, 5) is 13.8. The molecule has 3 rings (SSSR count). The van der Waals surface area contributed by atoms with Crippen LogP contribution in [0.25, 0.3) is 11.1 Å². The van der Waals surface area contributed by atoms with Crippen molar-refractivity contribution < 1.29 is 22.3 Å². The molecule has 0 bridgehead atoms. The molecule has 23 heavy (non-hydrogen) atoms. The Hall–Kier alpha value is -2.02. The monoisotopic (exact) mass is 347 g/mol. The lowest BCUT2D eigenvalue weighted by Gasteiger charge is -2.26. The molecule has 8 heteroatoms. The first-order valence-corrected chi connectivity index (χ1v) is 7.04. The van der Waals surface area contributed by atoms with E-state index in [0.29, 0.717) is 0 Å². The Balaban J connectivity index is 2.26. The molecule has 1 aromatic carbocycles. The molecular weight excluding hydrogens is 338 g/mol. The molecule has 122 valence electrons. The lowest BCUT2D eigenvalue weighted by Crippen LogP contribution is -2.32. The zero-order chi connectivity index (χ0) is 16.8. The number of pyridine rings is 1. The first-order chi connectivity index (χ1) is 10.8. The first-order valence-electron chi connectivity index (χ1n) is 6.67. The summed E-state index contributed by atoms with van der Waals surface area (Å²) in [6, 6.07) is 3.63. The van der Waals surface area contributed by atoms with Gasteiger partial charge < -0.3 is 9.72 Å². The van der Waals surface area contributed by atoms with Crippen molar-refractivity contribution in [3.63, 3.8) is 0 Å². The molecule has 0 saturated carbocycles. The second-order valence-electron chi connectivity index (χ2n) is 5.22. The van der Waals surface area contributed by atoms with Crippen LogP contribution in [0.3, 0.4) is 0 Å². The standard InChI is InChI=1S/C15H10ClF4NO2/c16-10-2-1-7-3-8(15(18,19)20)6-23-11-5-21-12(22)4-9(11)13(7)14(10)17/h1-2,4-5,8H,3,6H2,(H,21,22). The minimum atomic E-state index is -4.49. The molecule has 3 nitrogen and oxygen atoms in total. The summed E-state index contributed by atoms with van der Waals surface area (Å²) in [5.41, 5.74) is -0.438. The molecule has 0 saturated heterocycles. The van der Waals surface area contributed by atoms with Gasteiger partial charge in [0.2, 0.25) is 5.56 Å². The average Bonchev–Trinajstić information content (AvgIpc) is 2.44. The number of halogens is 5. The number of fused-ring (bicyclic) bond motifs is 3. The fourth-order valence-electron chi connectivity index (χ4n) is 2.55. The second kappa shape index (κ2) is 5.56. The van der Waals surface area contributed by atoms with E-state index in [1.807, 2.05) is 0 Å². The van der Waals surface area contributed by atoms with Crippen LogP contribution in [-0.4, -0.2) is 17.8 Å². The molecule has 1 unspecified atom stereocenters. The highest BCUT2D eigenvalue weighted by atomic mass is 35.5. The van der Waals surface area contributed by atoms with Crippen LogP contribution in [0.15, 0.2) is 29.2 Å². The smallest absolute Gasteiger partial charge is 0.395 e. The van der Waals surface area contributed by atoms with E-state index in [-0.39, 0.29) is 27.5 Å². The van der Waals surface area contributed by atoms with Crippen LogP contribution in [0.4, 0.5) is 17.6 Å². The Bertz CT molecular complexity index is 816. The van der Waals surface area contributed by atoms with Crippen LogP contribution in [0, 0.1) is 11.7 Å². The van der Waals surface area contributed by atoms with Gasteiger partial charge in [-0.25, -0.2) is 4.39 Å². The van der Waals surface area contributed by atoms with Crippen LogP contribution in [0.5, 0.6) is 5.75 Å². The predicted octanol–water partition coefficient (Wildman–Crippen LogP) is 3.95. The highest BCUT2D eigenvalue weighted by molar-refractivity contribution is 6.31. The van der Waals surface area contributed by atoms with E-state index >= 15 is 0 Å². The number of benzene rings is 1. The van der Waals surface area contributed by atoms with Crippen molar-refractivity contribution in [1.82, 2.24) is 4.98 Å². The van der Waals surface area contributed by atoms with E-state index in [9.17, 15) is 22.4 Å². The zero-order valence-corrected chi connectivity index (χ0v) is 12.3. The van der Waals surface area contributed by atoms with Gasteiger partial charge in [-0.05, 0) is 18.1 Å². The predicted molar refractivity (Wildman–Crippen MR) is 76.2 cm³/mol.